The van der Waals surface area contributed by atoms with Crippen LogP contribution in [0.15, 0.2) is 84.0 Å². The Labute approximate surface area is 216 Å². The Morgan fingerprint density at radius 1 is 0.972 bits per heavy atom. The first-order chi connectivity index (χ1) is 17.5. The summed E-state index contributed by atoms with van der Waals surface area (Å²) in [5.41, 5.74) is 3.57. The van der Waals surface area contributed by atoms with E-state index in [1.54, 1.807) is 18.2 Å². The summed E-state index contributed by atoms with van der Waals surface area (Å²) < 4.78 is 16.5. The molecule has 1 amide bonds. The first kappa shape index (κ1) is 25.6. The van der Waals surface area contributed by atoms with E-state index in [4.69, 9.17) is 0 Å². The predicted octanol–water partition coefficient (Wildman–Crippen LogP) is 6.96. The number of hydrogen-bond acceptors (Lipinski definition) is 4. The molecule has 1 aromatic heterocycles. The van der Waals surface area contributed by atoms with Gasteiger partial charge in [-0.3, -0.25) is 4.79 Å². The third kappa shape index (κ3) is 6.21. The second-order valence-electron chi connectivity index (χ2n) is 8.85. The van der Waals surface area contributed by atoms with Crippen LogP contribution in [0.3, 0.4) is 0 Å². The lowest BCUT2D eigenvalue weighted by molar-refractivity contribution is -0.115. The summed E-state index contributed by atoms with van der Waals surface area (Å²) >= 11 is 1.32. The number of aryl methyl sites for hydroxylation is 1. The topological polar surface area (TPSA) is 59.8 Å². The highest BCUT2D eigenvalue weighted by atomic mass is 32.2. The number of aromatic nitrogens is 3. The van der Waals surface area contributed by atoms with Gasteiger partial charge in [-0.25, -0.2) is 4.39 Å². The molecule has 4 aromatic rings. The van der Waals surface area contributed by atoms with Crippen molar-refractivity contribution in [3.8, 4) is 11.4 Å². The number of rotatable bonds is 10. The lowest BCUT2D eigenvalue weighted by Gasteiger charge is -2.15. The molecular weight excluding hydrogens is 471 g/mol. The number of anilines is 1. The van der Waals surface area contributed by atoms with Gasteiger partial charge >= 0.3 is 0 Å². The van der Waals surface area contributed by atoms with Gasteiger partial charge in [-0.2, -0.15) is 0 Å². The average Bonchev–Trinajstić information content (AvgIpc) is 3.30. The van der Waals surface area contributed by atoms with Gasteiger partial charge in [-0.1, -0.05) is 80.2 Å². The highest BCUT2D eigenvalue weighted by Gasteiger charge is 2.22. The van der Waals surface area contributed by atoms with Crippen LogP contribution in [0.1, 0.15) is 44.2 Å². The maximum atomic E-state index is 14.6. The minimum absolute atomic E-state index is 0.124. The molecule has 0 saturated carbocycles. The molecule has 1 heterocycles. The number of halogens is 1. The van der Waals surface area contributed by atoms with Crippen LogP contribution in [0.25, 0.3) is 11.4 Å². The molecule has 36 heavy (non-hydrogen) atoms. The third-order valence-corrected chi connectivity index (χ3v) is 7.39. The molecule has 5 nitrogen and oxygen atoms in total. The molecule has 186 valence electrons. The first-order valence-corrected chi connectivity index (χ1v) is 13.1. The van der Waals surface area contributed by atoms with Gasteiger partial charge in [0.05, 0.1) is 10.8 Å². The van der Waals surface area contributed by atoms with Gasteiger partial charge in [0.2, 0.25) is 5.91 Å². The minimum Gasteiger partial charge on any atom is -0.325 e. The normalized spacial score (nSPS) is 12.8. The van der Waals surface area contributed by atoms with Crippen molar-refractivity contribution >= 4 is 23.4 Å². The number of nitrogens with one attached hydrogen (secondary N) is 1. The van der Waals surface area contributed by atoms with E-state index in [0.29, 0.717) is 29.0 Å². The van der Waals surface area contributed by atoms with Crippen LogP contribution in [0.5, 0.6) is 0 Å². The van der Waals surface area contributed by atoms with Crippen molar-refractivity contribution in [2.45, 2.75) is 56.5 Å². The van der Waals surface area contributed by atoms with Crippen molar-refractivity contribution in [2.24, 2.45) is 0 Å². The van der Waals surface area contributed by atoms with Crippen LogP contribution < -0.4 is 5.32 Å². The highest BCUT2D eigenvalue weighted by Crippen LogP contribution is 2.29. The van der Waals surface area contributed by atoms with Crippen molar-refractivity contribution in [2.75, 3.05) is 5.32 Å². The quantitative estimate of drug-likeness (QED) is 0.238. The Balaban J connectivity index is 1.52. The maximum Gasteiger partial charge on any atom is 0.237 e. The van der Waals surface area contributed by atoms with Crippen LogP contribution in [0.2, 0.25) is 0 Å². The molecule has 4 rings (SSSR count). The molecule has 1 N–H and O–H groups in total. The Morgan fingerprint density at radius 3 is 2.36 bits per heavy atom. The van der Waals surface area contributed by atoms with Crippen LogP contribution in [-0.2, 0) is 17.8 Å². The monoisotopic (exact) mass is 502 g/mol. The average molecular weight is 503 g/mol. The molecule has 0 radical (unpaired) electrons. The number of amides is 1. The van der Waals surface area contributed by atoms with Gasteiger partial charge < -0.3 is 9.88 Å². The van der Waals surface area contributed by atoms with E-state index < -0.39 is 5.25 Å². The van der Waals surface area contributed by atoms with E-state index in [-0.39, 0.29) is 11.7 Å². The molecule has 0 aliphatic carbocycles. The lowest BCUT2D eigenvalue weighted by atomic mass is 9.99. The third-order valence-electron chi connectivity index (χ3n) is 6.31. The zero-order chi connectivity index (χ0) is 25.5. The summed E-state index contributed by atoms with van der Waals surface area (Å²) in [6.07, 6.45) is 1.80. The van der Waals surface area contributed by atoms with Gasteiger partial charge in [-0.15, -0.1) is 10.2 Å². The molecule has 0 unspecified atom stereocenters. The summed E-state index contributed by atoms with van der Waals surface area (Å²) in [4.78, 5) is 13.0. The fourth-order valence-electron chi connectivity index (χ4n) is 3.89. The van der Waals surface area contributed by atoms with E-state index in [2.05, 4.69) is 53.6 Å². The van der Waals surface area contributed by atoms with Gasteiger partial charge in [0, 0.05) is 12.2 Å². The second kappa shape index (κ2) is 12.0. The van der Waals surface area contributed by atoms with Crippen LogP contribution in [0, 0.1) is 5.82 Å². The van der Waals surface area contributed by atoms with Gasteiger partial charge in [-0.05, 0) is 61.1 Å². The van der Waals surface area contributed by atoms with Gasteiger partial charge in [0.15, 0.2) is 11.0 Å². The Bertz CT molecular complexity index is 1290. The number of carbonyl (C=O) groups excluding carboxylic acids is 1. The van der Waals surface area contributed by atoms with Gasteiger partial charge in [0.25, 0.3) is 0 Å². The van der Waals surface area contributed by atoms with E-state index in [1.807, 2.05) is 41.8 Å². The first-order valence-electron chi connectivity index (χ1n) is 12.3. The number of thioether (sulfide) groups is 1. The lowest BCUT2D eigenvalue weighted by Crippen LogP contribution is -2.23. The van der Waals surface area contributed by atoms with Crippen LogP contribution >= 0.6 is 11.8 Å². The maximum absolute atomic E-state index is 14.6. The van der Waals surface area contributed by atoms with E-state index in [1.165, 1.54) is 23.4 Å². The summed E-state index contributed by atoms with van der Waals surface area (Å²) in [7, 11) is 0. The van der Waals surface area contributed by atoms with Crippen molar-refractivity contribution < 1.29 is 9.18 Å². The van der Waals surface area contributed by atoms with E-state index >= 15 is 0 Å². The van der Waals surface area contributed by atoms with E-state index in [0.717, 1.165) is 24.1 Å². The Kier molecular flexibility index (Phi) is 8.54. The number of carbonyl (C=O) groups is 1. The minimum atomic E-state index is -0.424. The summed E-state index contributed by atoms with van der Waals surface area (Å²) in [5.74, 6) is 0.463. The molecular formula is C29H31FN4OS. The van der Waals surface area contributed by atoms with Crippen molar-refractivity contribution in [3.63, 3.8) is 0 Å². The van der Waals surface area contributed by atoms with Crippen LogP contribution in [-0.4, -0.2) is 25.9 Å². The molecule has 0 saturated heterocycles. The molecule has 0 aliphatic heterocycles. The fourth-order valence-corrected chi connectivity index (χ4v) is 4.77. The number of benzene rings is 3. The van der Waals surface area contributed by atoms with Gasteiger partial charge in [0.1, 0.15) is 5.82 Å². The SMILES string of the molecule is CC[C@H](C)c1ccc(NC(=O)[C@@H](C)Sc2nnc(-c3ccccc3F)n2CCc2ccccc2)cc1. The summed E-state index contributed by atoms with van der Waals surface area (Å²) in [6, 6.07) is 24.6. The van der Waals surface area contributed by atoms with E-state index in [9.17, 15) is 9.18 Å². The molecule has 0 spiro atoms. The zero-order valence-electron chi connectivity index (χ0n) is 20.8. The number of nitrogens with zero attached hydrogens (tertiary/aromatic N) is 3. The smallest absolute Gasteiger partial charge is 0.237 e. The summed E-state index contributed by atoms with van der Waals surface area (Å²) in [5, 5.41) is 11.8. The number of hydrogen-bond donors (Lipinski definition) is 1. The predicted molar refractivity (Wildman–Crippen MR) is 145 cm³/mol. The van der Waals surface area contributed by atoms with Crippen molar-refractivity contribution in [1.82, 2.24) is 14.8 Å². The van der Waals surface area contributed by atoms with Crippen molar-refractivity contribution in [3.05, 3.63) is 95.8 Å². The van der Waals surface area contributed by atoms with Crippen molar-refractivity contribution in [1.29, 1.82) is 0 Å². The molecule has 0 aliphatic rings. The molecule has 0 bridgehead atoms. The molecule has 2 atom stereocenters. The largest absolute Gasteiger partial charge is 0.325 e. The molecule has 7 heteroatoms. The zero-order valence-corrected chi connectivity index (χ0v) is 21.6. The highest BCUT2D eigenvalue weighted by molar-refractivity contribution is 8.00. The Morgan fingerprint density at radius 2 is 1.67 bits per heavy atom. The second-order valence-corrected chi connectivity index (χ2v) is 10.2. The molecule has 3 aromatic carbocycles. The Hall–Kier alpha value is -3.45. The van der Waals surface area contributed by atoms with Crippen LogP contribution in [0.4, 0.5) is 10.1 Å². The summed E-state index contributed by atoms with van der Waals surface area (Å²) in [6.45, 7) is 6.76. The molecule has 0 fully saturated rings. The fraction of sp³-hybridized carbons (Fsp3) is 0.276. The standard InChI is InChI=1S/C29H31FN4OS/c1-4-20(2)23-14-16-24(17-15-23)31-28(35)21(3)36-29-33-32-27(25-12-8-9-13-26(25)30)34(29)19-18-22-10-6-5-7-11-22/h5-17,20-21H,4,18-19H2,1-3H3,(H,31,35)/t20-,21+/m0/s1.